The lowest BCUT2D eigenvalue weighted by Crippen LogP contribution is -2.23. The van der Waals surface area contributed by atoms with Gasteiger partial charge in [0.15, 0.2) is 0 Å². The smallest absolute Gasteiger partial charge is 0.140 e. The van der Waals surface area contributed by atoms with Gasteiger partial charge in [0.2, 0.25) is 0 Å². The van der Waals surface area contributed by atoms with Gasteiger partial charge in [0.05, 0.1) is 0 Å². The normalized spacial score (nSPS) is 21.4. The summed E-state index contributed by atoms with van der Waals surface area (Å²) >= 11 is 3.48. The number of carbonyl (C=O) groups excluding carboxylic acids is 1. The molecule has 1 atom stereocenters. The zero-order valence-corrected chi connectivity index (χ0v) is 9.10. The summed E-state index contributed by atoms with van der Waals surface area (Å²) in [6.07, 6.45) is 1.77. The third-order valence-corrected chi connectivity index (χ3v) is 3.32. The van der Waals surface area contributed by atoms with Crippen LogP contribution in [0.1, 0.15) is 29.9 Å². The molecular formula is C11H11BrO. The van der Waals surface area contributed by atoms with Crippen molar-refractivity contribution in [1.29, 1.82) is 0 Å². The van der Waals surface area contributed by atoms with E-state index in [0.717, 1.165) is 22.9 Å². The highest BCUT2D eigenvalue weighted by molar-refractivity contribution is 9.10. The van der Waals surface area contributed by atoms with E-state index in [1.54, 1.807) is 0 Å². The average molecular weight is 239 g/mol. The van der Waals surface area contributed by atoms with Crippen molar-refractivity contribution in [3.63, 3.8) is 0 Å². The van der Waals surface area contributed by atoms with Crippen molar-refractivity contribution in [2.24, 2.45) is 0 Å². The first kappa shape index (κ1) is 8.95. The molecule has 0 saturated heterocycles. The molecule has 1 fully saturated rings. The van der Waals surface area contributed by atoms with Crippen molar-refractivity contribution in [2.75, 3.05) is 0 Å². The van der Waals surface area contributed by atoms with Crippen LogP contribution in [0.4, 0.5) is 0 Å². The molecule has 0 radical (unpaired) electrons. The Balaban J connectivity index is 2.38. The lowest BCUT2D eigenvalue weighted by atomic mass is 9.78. The van der Waals surface area contributed by atoms with E-state index in [1.165, 1.54) is 5.56 Å². The van der Waals surface area contributed by atoms with Crippen LogP contribution in [0.5, 0.6) is 0 Å². The van der Waals surface area contributed by atoms with E-state index in [4.69, 9.17) is 0 Å². The second kappa shape index (κ2) is 3.26. The topological polar surface area (TPSA) is 17.1 Å². The minimum Gasteiger partial charge on any atom is -0.299 e. The number of halogens is 1. The fourth-order valence-electron chi connectivity index (χ4n) is 1.67. The number of aryl methyl sites for hydroxylation is 1. The maximum atomic E-state index is 11.3. The third-order valence-electron chi connectivity index (χ3n) is 2.59. The Morgan fingerprint density at radius 3 is 2.77 bits per heavy atom. The van der Waals surface area contributed by atoms with Gasteiger partial charge in [-0.1, -0.05) is 33.6 Å². The van der Waals surface area contributed by atoms with Gasteiger partial charge in [-0.2, -0.15) is 0 Å². The number of carbonyl (C=O) groups is 1. The van der Waals surface area contributed by atoms with Gasteiger partial charge in [-0.3, -0.25) is 4.79 Å². The van der Waals surface area contributed by atoms with Crippen LogP contribution in [0, 0.1) is 6.92 Å². The van der Waals surface area contributed by atoms with Gasteiger partial charge in [0, 0.05) is 16.8 Å². The van der Waals surface area contributed by atoms with E-state index in [1.807, 2.05) is 6.07 Å². The number of ketones is 1. The Morgan fingerprint density at radius 2 is 2.23 bits per heavy atom. The van der Waals surface area contributed by atoms with Gasteiger partial charge in [-0.25, -0.2) is 0 Å². The second-order valence-corrected chi connectivity index (χ2v) is 4.44. The first-order chi connectivity index (χ1) is 6.18. The summed E-state index contributed by atoms with van der Waals surface area (Å²) in [6, 6.07) is 6.18. The molecule has 0 bridgehead atoms. The first-order valence-corrected chi connectivity index (χ1v) is 5.26. The molecule has 2 rings (SSSR count). The van der Waals surface area contributed by atoms with Crippen molar-refractivity contribution in [2.45, 2.75) is 25.7 Å². The summed E-state index contributed by atoms with van der Waals surface area (Å²) in [4.78, 5) is 11.3. The van der Waals surface area contributed by atoms with Crippen LogP contribution in [-0.4, -0.2) is 5.78 Å². The summed E-state index contributed by atoms with van der Waals surface area (Å²) < 4.78 is 1.07. The minimum absolute atomic E-state index is 0.161. The largest absolute Gasteiger partial charge is 0.299 e. The number of Topliss-reactive ketones (excluding diaryl/α,β-unsaturated/α-hetero) is 1. The third kappa shape index (κ3) is 1.55. The molecule has 1 nitrogen and oxygen atoms in total. The van der Waals surface area contributed by atoms with E-state index in [-0.39, 0.29) is 5.92 Å². The molecule has 0 amide bonds. The Kier molecular flexibility index (Phi) is 2.24. The first-order valence-electron chi connectivity index (χ1n) is 4.47. The molecule has 2 heteroatoms. The number of hydrogen-bond acceptors (Lipinski definition) is 1. The number of rotatable bonds is 1. The molecule has 1 aliphatic carbocycles. The SMILES string of the molecule is Cc1ccc(Br)c(C2CCC2=O)c1. The zero-order valence-electron chi connectivity index (χ0n) is 7.51. The maximum Gasteiger partial charge on any atom is 0.140 e. The van der Waals surface area contributed by atoms with E-state index < -0.39 is 0 Å². The highest BCUT2D eigenvalue weighted by atomic mass is 79.9. The molecule has 13 heavy (non-hydrogen) atoms. The van der Waals surface area contributed by atoms with Gasteiger partial charge >= 0.3 is 0 Å². The van der Waals surface area contributed by atoms with Crippen molar-refractivity contribution in [3.05, 3.63) is 33.8 Å². The number of benzene rings is 1. The summed E-state index contributed by atoms with van der Waals surface area (Å²) in [6.45, 7) is 2.05. The second-order valence-electron chi connectivity index (χ2n) is 3.58. The van der Waals surface area contributed by atoms with Crippen LogP contribution in [0.15, 0.2) is 22.7 Å². The predicted molar refractivity (Wildman–Crippen MR) is 55.9 cm³/mol. The minimum atomic E-state index is 0.161. The van der Waals surface area contributed by atoms with Crippen LogP contribution in [0.25, 0.3) is 0 Å². The van der Waals surface area contributed by atoms with E-state index in [0.29, 0.717) is 5.78 Å². The molecule has 0 spiro atoms. The monoisotopic (exact) mass is 238 g/mol. The standard InChI is InChI=1S/C11H11BrO/c1-7-2-4-10(12)9(6-7)8-3-5-11(8)13/h2,4,6,8H,3,5H2,1H3. The lowest BCUT2D eigenvalue weighted by molar-refractivity contribution is -0.125. The van der Waals surface area contributed by atoms with Gasteiger partial charge in [0.25, 0.3) is 0 Å². The van der Waals surface area contributed by atoms with Crippen molar-refractivity contribution in [1.82, 2.24) is 0 Å². The summed E-state index contributed by atoms with van der Waals surface area (Å²) in [5.41, 5.74) is 2.38. The molecule has 0 aliphatic heterocycles. The Morgan fingerprint density at radius 1 is 1.46 bits per heavy atom. The Bertz CT molecular complexity index is 357. The fraction of sp³-hybridized carbons (Fsp3) is 0.364. The highest BCUT2D eigenvalue weighted by Crippen LogP contribution is 2.37. The molecule has 0 aromatic heterocycles. The van der Waals surface area contributed by atoms with Gasteiger partial charge in [-0.05, 0) is 25.0 Å². The lowest BCUT2D eigenvalue weighted by Gasteiger charge is -2.25. The summed E-state index contributed by atoms with van der Waals surface area (Å²) in [5, 5.41) is 0. The fourth-order valence-corrected chi connectivity index (χ4v) is 2.19. The van der Waals surface area contributed by atoms with Crippen LogP contribution >= 0.6 is 15.9 Å². The van der Waals surface area contributed by atoms with Crippen LogP contribution in [0.3, 0.4) is 0 Å². The van der Waals surface area contributed by atoms with Crippen molar-refractivity contribution >= 4 is 21.7 Å². The zero-order chi connectivity index (χ0) is 9.42. The molecule has 0 heterocycles. The summed E-state index contributed by atoms with van der Waals surface area (Å²) in [7, 11) is 0. The highest BCUT2D eigenvalue weighted by Gasteiger charge is 2.30. The van der Waals surface area contributed by atoms with Crippen LogP contribution in [-0.2, 0) is 4.79 Å². The van der Waals surface area contributed by atoms with E-state index in [9.17, 15) is 4.79 Å². The van der Waals surface area contributed by atoms with Crippen LogP contribution < -0.4 is 0 Å². The quantitative estimate of drug-likeness (QED) is 0.735. The average Bonchev–Trinajstić information content (AvgIpc) is 2.09. The Labute approximate surface area is 86.3 Å². The van der Waals surface area contributed by atoms with Crippen molar-refractivity contribution in [3.8, 4) is 0 Å². The van der Waals surface area contributed by atoms with Gasteiger partial charge < -0.3 is 0 Å². The molecule has 1 aromatic rings. The van der Waals surface area contributed by atoms with Gasteiger partial charge in [0.1, 0.15) is 5.78 Å². The summed E-state index contributed by atoms with van der Waals surface area (Å²) in [5.74, 6) is 0.542. The Hall–Kier alpha value is -0.630. The van der Waals surface area contributed by atoms with E-state index >= 15 is 0 Å². The van der Waals surface area contributed by atoms with E-state index in [2.05, 4.69) is 35.0 Å². The molecule has 1 saturated carbocycles. The van der Waals surface area contributed by atoms with Crippen molar-refractivity contribution < 1.29 is 4.79 Å². The molecule has 1 unspecified atom stereocenters. The molecule has 1 aromatic carbocycles. The molecular weight excluding hydrogens is 228 g/mol. The molecule has 0 N–H and O–H groups in total. The predicted octanol–water partition coefficient (Wildman–Crippen LogP) is 3.20. The molecule has 68 valence electrons. The number of hydrogen-bond donors (Lipinski definition) is 0. The van der Waals surface area contributed by atoms with Crippen LogP contribution in [0.2, 0.25) is 0 Å². The molecule has 1 aliphatic rings. The van der Waals surface area contributed by atoms with Gasteiger partial charge in [-0.15, -0.1) is 0 Å². The maximum absolute atomic E-state index is 11.3.